The molecule has 0 saturated carbocycles. The van der Waals surface area contributed by atoms with E-state index in [1.54, 1.807) is 7.05 Å². The van der Waals surface area contributed by atoms with Gasteiger partial charge < -0.3 is 15.1 Å². The van der Waals surface area contributed by atoms with Crippen molar-refractivity contribution in [1.29, 1.82) is 0 Å². The lowest BCUT2D eigenvalue weighted by Gasteiger charge is -2.37. The first kappa shape index (κ1) is 16.7. The zero-order chi connectivity index (χ0) is 15.6. The number of hydrogen-bond acceptors (Lipinski definition) is 5. The Morgan fingerprint density at radius 3 is 2.67 bits per heavy atom. The summed E-state index contributed by atoms with van der Waals surface area (Å²) in [6.07, 6.45) is -3.81. The molecule has 0 aliphatic carbocycles. The second-order valence-corrected chi connectivity index (χ2v) is 6.68. The minimum atomic E-state index is -4.38. The fourth-order valence-corrected chi connectivity index (χ4v) is 3.68. The highest BCUT2D eigenvalue weighted by atomic mass is 32.1. The maximum Gasteiger partial charge on any atom is 0.434 e. The van der Waals surface area contributed by atoms with E-state index in [0.717, 1.165) is 19.6 Å². The summed E-state index contributed by atoms with van der Waals surface area (Å²) in [5.74, 6) is 0. The fraction of sp³-hybridized carbons (Fsp3) is 0.769. The highest BCUT2D eigenvalue weighted by molar-refractivity contribution is 7.11. The van der Waals surface area contributed by atoms with Crippen LogP contribution in [-0.2, 0) is 19.1 Å². The van der Waals surface area contributed by atoms with Crippen LogP contribution in [0.5, 0.6) is 0 Å². The molecule has 1 unspecified atom stereocenters. The van der Waals surface area contributed by atoms with Crippen LogP contribution in [0.15, 0.2) is 0 Å². The molecule has 2 rings (SSSR count). The molecule has 0 spiro atoms. The van der Waals surface area contributed by atoms with Crippen LogP contribution in [0.25, 0.3) is 0 Å². The summed E-state index contributed by atoms with van der Waals surface area (Å²) < 4.78 is 39.0. The second-order valence-electron chi connectivity index (χ2n) is 5.51. The number of nitrogens with zero attached hydrogens (tertiary/aromatic N) is 3. The minimum Gasteiger partial charge on any atom is -0.315 e. The Balaban J connectivity index is 2.16. The van der Waals surface area contributed by atoms with Crippen LogP contribution in [0, 0.1) is 0 Å². The Kier molecular flexibility index (Phi) is 5.24. The molecular weight excluding hydrogens is 301 g/mol. The zero-order valence-electron chi connectivity index (χ0n) is 12.5. The number of nitrogens with one attached hydrogen (secondary N) is 1. The number of halogens is 3. The third-order valence-electron chi connectivity index (χ3n) is 3.74. The van der Waals surface area contributed by atoms with Crippen LogP contribution in [0.2, 0.25) is 0 Å². The molecule has 0 bridgehead atoms. The summed E-state index contributed by atoms with van der Waals surface area (Å²) in [6.45, 7) is 2.98. The first-order valence-corrected chi connectivity index (χ1v) is 7.72. The van der Waals surface area contributed by atoms with Crippen LogP contribution in [0.4, 0.5) is 13.2 Å². The Hall–Kier alpha value is -0.700. The van der Waals surface area contributed by atoms with Crippen molar-refractivity contribution in [2.75, 3.05) is 40.8 Å². The molecule has 1 saturated heterocycles. The molecule has 21 heavy (non-hydrogen) atoms. The molecule has 0 radical (unpaired) electrons. The van der Waals surface area contributed by atoms with E-state index in [2.05, 4.69) is 20.1 Å². The van der Waals surface area contributed by atoms with Gasteiger partial charge in [0.1, 0.15) is 0 Å². The predicted octanol–water partition coefficient (Wildman–Crippen LogP) is 1.67. The summed E-state index contributed by atoms with van der Waals surface area (Å²) in [5, 5.41) is 3.35. The van der Waals surface area contributed by atoms with Crippen LogP contribution < -0.4 is 5.32 Å². The number of likely N-dealkylation sites (N-methyl/N-ethyl adjacent to an activating group) is 2. The Labute approximate surface area is 127 Å². The molecule has 1 N–H and O–H groups in total. The molecular formula is C13H21F3N4S. The van der Waals surface area contributed by atoms with Crippen molar-refractivity contribution in [2.24, 2.45) is 0 Å². The van der Waals surface area contributed by atoms with Crippen molar-refractivity contribution < 1.29 is 13.2 Å². The lowest BCUT2D eigenvalue weighted by atomic mass is 10.1. The summed E-state index contributed by atoms with van der Waals surface area (Å²) in [4.78, 5) is 8.54. The van der Waals surface area contributed by atoms with Crippen molar-refractivity contribution in [3.8, 4) is 0 Å². The van der Waals surface area contributed by atoms with Crippen LogP contribution in [0.3, 0.4) is 0 Å². The molecule has 8 heteroatoms. The van der Waals surface area contributed by atoms with E-state index >= 15 is 0 Å². The van der Waals surface area contributed by atoms with Gasteiger partial charge in [0, 0.05) is 38.6 Å². The van der Waals surface area contributed by atoms with Gasteiger partial charge in [0.2, 0.25) is 0 Å². The van der Waals surface area contributed by atoms with Crippen LogP contribution in [-0.4, -0.2) is 61.6 Å². The molecule has 1 aromatic rings. The smallest absolute Gasteiger partial charge is 0.315 e. The normalized spacial score (nSPS) is 21.9. The van der Waals surface area contributed by atoms with E-state index in [0.29, 0.717) is 11.4 Å². The number of aromatic nitrogens is 1. The number of hydrogen-bond donors (Lipinski definition) is 1. The summed E-state index contributed by atoms with van der Waals surface area (Å²) in [7, 11) is 5.70. The lowest BCUT2D eigenvalue weighted by Crippen LogP contribution is -2.50. The topological polar surface area (TPSA) is 31.4 Å². The quantitative estimate of drug-likeness (QED) is 0.914. The van der Waals surface area contributed by atoms with Crippen molar-refractivity contribution in [2.45, 2.75) is 25.2 Å². The van der Waals surface area contributed by atoms with Gasteiger partial charge in [0.15, 0.2) is 5.69 Å². The molecule has 1 fully saturated rings. The van der Waals surface area contributed by atoms with Gasteiger partial charge in [-0.3, -0.25) is 0 Å². The van der Waals surface area contributed by atoms with Crippen LogP contribution >= 0.6 is 11.3 Å². The predicted molar refractivity (Wildman–Crippen MR) is 77.5 cm³/mol. The van der Waals surface area contributed by atoms with E-state index in [9.17, 15) is 13.2 Å². The van der Waals surface area contributed by atoms with Crippen LogP contribution in [0.1, 0.15) is 15.6 Å². The molecule has 1 aromatic heterocycles. The van der Waals surface area contributed by atoms with E-state index < -0.39 is 11.9 Å². The SMILES string of the molecule is CNCc1sc(CC2CN(C)CCN2C)nc1C(F)(F)F. The maximum absolute atomic E-state index is 13.0. The summed E-state index contributed by atoms with van der Waals surface area (Å²) >= 11 is 1.17. The average Bonchev–Trinajstić information content (AvgIpc) is 2.77. The van der Waals surface area contributed by atoms with Gasteiger partial charge in [-0.05, 0) is 21.1 Å². The summed E-state index contributed by atoms with van der Waals surface area (Å²) in [5.41, 5.74) is -0.733. The monoisotopic (exact) mass is 322 g/mol. The minimum absolute atomic E-state index is 0.201. The van der Waals surface area contributed by atoms with Gasteiger partial charge in [0.05, 0.1) is 9.88 Å². The molecule has 4 nitrogen and oxygen atoms in total. The third kappa shape index (κ3) is 4.15. The number of rotatable bonds is 4. The maximum atomic E-state index is 13.0. The highest BCUT2D eigenvalue weighted by Gasteiger charge is 2.37. The van der Waals surface area contributed by atoms with Gasteiger partial charge in [-0.15, -0.1) is 11.3 Å². The fourth-order valence-electron chi connectivity index (χ4n) is 2.51. The zero-order valence-corrected chi connectivity index (χ0v) is 13.3. The third-order valence-corrected chi connectivity index (χ3v) is 4.82. The molecule has 1 atom stereocenters. The molecule has 2 heterocycles. The number of alkyl halides is 3. The van der Waals surface area contributed by atoms with Crippen molar-refractivity contribution in [1.82, 2.24) is 20.1 Å². The Bertz CT molecular complexity index is 474. The molecule has 0 amide bonds. The molecule has 1 aliphatic rings. The largest absolute Gasteiger partial charge is 0.434 e. The van der Waals surface area contributed by atoms with Crippen molar-refractivity contribution in [3.05, 3.63) is 15.6 Å². The molecule has 0 aromatic carbocycles. The van der Waals surface area contributed by atoms with E-state index in [-0.39, 0.29) is 17.5 Å². The molecule has 120 valence electrons. The van der Waals surface area contributed by atoms with Gasteiger partial charge in [0.25, 0.3) is 0 Å². The summed E-state index contributed by atoms with van der Waals surface area (Å²) in [6, 6.07) is 0.221. The number of thiazole rings is 1. The number of piperazine rings is 1. The second kappa shape index (κ2) is 6.60. The van der Waals surface area contributed by atoms with E-state index in [4.69, 9.17) is 0 Å². The van der Waals surface area contributed by atoms with Gasteiger partial charge in [-0.1, -0.05) is 0 Å². The van der Waals surface area contributed by atoms with E-state index in [1.807, 2.05) is 14.1 Å². The first-order chi connectivity index (χ1) is 9.81. The molecule has 1 aliphatic heterocycles. The lowest BCUT2D eigenvalue weighted by molar-refractivity contribution is -0.141. The van der Waals surface area contributed by atoms with Gasteiger partial charge in [-0.25, -0.2) is 4.98 Å². The van der Waals surface area contributed by atoms with Crippen molar-refractivity contribution >= 4 is 11.3 Å². The van der Waals surface area contributed by atoms with Gasteiger partial charge >= 0.3 is 6.18 Å². The Morgan fingerprint density at radius 2 is 2.05 bits per heavy atom. The first-order valence-electron chi connectivity index (χ1n) is 6.90. The van der Waals surface area contributed by atoms with Gasteiger partial charge in [-0.2, -0.15) is 13.2 Å². The van der Waals surface area contributed by atoms with E-state index in [1.165, 1.54) is 11.3 Å². The van der Waals surface area contributed by atoms with Crippen molar-refractivity contribution in [3.63, 3.8) is 0 Å². The Morgan fingerprint density at radius 1 is 1.33 bits per heavy atom. The average molecular weight is 322 g/mol. The standard InChI is InChI=1S/C13H21F3N4S/c1-17-7-10-12(13(14,15)16)18-11(21-10)6-9-8-19(2)4-5-20(9)3/h9,17H,4-8H2,1-3H3. The highest BCUT2D eigenvalue weighted by Crippen LogP contribution is 2.35.